The Bertz CT molecular complexity index is 406. The molecule has 1 amide bonds. The number of rotatable bonds is 2. The number of aromatic hydroxyl groups is 1. The molecule has 1 saturated heterocycles. The van der Waals surface area contributed by atoms with Gasteiger partial charge in [0, 0.05) is 13.1 Å². The number of ether oxygens (including phenoxy) is 1. The van der Waals surface area contributed by atoms with Gasteiger partial charge in [0.25, 0.3) is 0 Å². The van der Waals surface area contributed by atoms with Gasteiger partial charge in [-0.3, -0.25) is 4.79 Å². The van der Waals surface area contributed by atoms with Gasteiger partial charge in [-0.1, -0.05) is 12.1 Å². The van der Waals surface area contributed by atoms with Gasteiger partial charge in [-0.25, -0.2) is 0 Å². The predicted molar refractivity (Wildman–Crippen MR) is 68.4 cm³/mol. The molecule has 0 bridgehead atoms. The molecule has 1 N–H and O–H groups in total. The minimum atomic E-state index is 0.0949. The Balaban J connectivity index is 1.97. The average Bonchev–Trinajstić information content (AvgIpc) is 2.31. The molecule has 18 heavy (non-hydrogen) atoms. The molecule has 1 aliphatic heterocycles. The van der Waals surface area contributed by atoms with Gasteiger partial charge < -0.3 is 14.7 Å². The fourth-order valence-electron chi connectivity index (χ4n) is 2.28. The number of hydrogen-bond donors (Lipinski definition) is 1. The van der Waals surface area contributed by atoms with E-state index in [0.29, 0.717) is 19.5 Å². The zero-order valence-electron chi connectivity index (χ0n) is 10.8. The lowest BCUT2D eigenvalue weighted by atomic mass is 10.1. The second-order valence-electron chi connectivity index (χ2n) is 4.90. The predicted octanol–water partition coefficient (Wildman–Crippen LogP) is 1.57. The maximum atomic E-state index is 12.2. The van der Waals surface area contributed by atoms with Gasteiger partial charge in [0.1, 0.15) is 5.75 Å². The number of carbonyl (C=O) groups is 1. The van der Waals surface area contributed by atoms with Crippen molar-refractivity contribution in [3.8, 4) is 5.75 Å². The monoisotopic (exact) mass is 249 g/mol. The Hall–Kier alpha value is -1.55. The summed E-state index contributed by atoms with van der Waals surface area (Å²) in [5, 5.41) is 9.20. The van der Waals surface area contributed by atoms with Crippen molar-refractivity contribution in [3.05, 3.63) is 29.8 Å². The van der Waals surface area contributed by atoms with E-state index in [0.717, 1.165) is 5.56 Å². The Morgan fingerprint density at radius 2 is 1.83 bits per heavy atom. The molecule has 0 aromatic heterocycles. The first-order valence-corrected chi connectivity index (χ1v) is 6.25. The molecule has 1 aliphatic rings. The topological polar surface area (TPSA) is 49.8 Å². The number of phenols is 1. The van der Waals surface area contributed by atoms with E-state index in [1.54, 1.807) is 24.3 Å². The van der Waals surface area contributed by atoms with Crippen molar-refractivity contribution in [2.75, 3.05) is 13.1 Å². The molecule has 0 saturated carbocycles. The molecule has 4 nitrogen and oxygen atoms in total. The van der Waals surface area contributed by atoms with E-state index in [1.807, 2.05) is 18.7 Å². The standard InChI is InChI=1S/C14H19NO3/c1-10-8-15(9-11(2)18-10)14(17)7-12-3-5-13(16)6-4-12/h3-6,10-11,16H,7-9H2,1-2H3. The van der Waals surface area contributed by atoms with Gasteiger partial charge >= 0.3 is 0 Å². The van der Waals surface area contributed by atoms with Crippen LogP contribution in [-0.2, 0) is 16.0 Å². The summed E-state index contributed by atoms with van der Waals surface area (Å²) in [6, 6.07) is 6.77. The van der Waals surface area contributed by atoms with Crippen LogP contribution in [-0.4, -0.2) is 41.2 Å². The molecule has 0 aliphatic carbocycles. The van der Waals surface area contributed by atoms with Crippen LogP contribution < -0.4 is 0 Å². The number of amides is 1. The third kappa shape index (κ3) is 3.23. The van der Waals surface area contributed by atoms with E-state index in [9.17, 15) is 9.90 Å². The highest BCUT2D eigenvalue weighted by molar-refractivity contribution is 5.79. The molecule has 1 aromatic carbocycles. The summed E-state index contributed by atoms with van der Waals surface area (Å²) in [7, 11) is 0. The van der Waals surface area contributed by atoms with Gasteiger partial charge in [0.15, 0.2) is 0 Å². The van der Waals surface area contributed by atoms with Gasteiger partial charge in [-0.15, -0.1) is 0 Å². The van der Waals surface area contributed by atoms with Crippen LogP contribution in [0.15, 0.2) is 24.3 Å². The van der Waals surface area contributed by atoms with E-state index in [4.69, 9.17) is 4.74 Å². The Morgan fingerprint density at radius 3 is 2.39 bits per heavy atom. The van der Waals surface area contributed by atoms with Crippen molar-refractivity contribution in [2.45, 2.75) is 32.5 Å². The van der Waals surface area contributed by atoms with Gasteiger partial charge in [-0.05, 0) is 31.5 Å². The third-order valence-electron chi connectivity index (χ3n) is 3.06. The number of morpholine rings is 1. The Morgan fingerprint density at radius 1 is 1.28 bits per heavy atom. The van der Waals surface area contributed by atoms with Crippen LogP contribution in [0.5, 0.6) is 5.75 Å². The SMILES string of the molecule is CC1CN(C(=O)Cc2ccc(O)cc2)CC(C)O1. The number of carbonyl (C=O) groups excluding carboxylic acids is 1. The van der Waals surface area contributed by atoms with E-state index >= 15 is 0 Å². The fourth-order valence-corrected chi connectivity index (χ4v) is 2.28. The lowest BCUT2D eigenvalue weighted by molar-refractivity contribution is -0.142. The zero-order valence-corrected chi connectivity index (χ0v) is 10.8. The molecule has 1 aromatic rings. The molecule has 1 heterocycles. The van der Waals surface area contributed by atoms with Gasteiger partial charge in [0.2, 0.25) is 5.91 Å². The Labute approximate surface area is 107 Å². The Kier molecular flexibility index (Phi) is 3.87. The first-order chi connectivity index (χ1) is 8.54. The normalized spacial score (nSPS) is 24.0. The van der Waals surface area contributed by atoms with Crippen LogP contribution in [0.2, 0.25) is 0 Å². The summed E-state index contributed by atoms with van der Waals surface area (Å²) >= 11 is 0. The van der Waals surface area contributed by atoms with Crippen LogP contribution in [0.1, 0.15) is 19.4 Å². The number of nitrogens with zero attached hydrogens (tertiary/aromatic N) is 1. The second kappa shape index (κ2) is 5.40. The highest BCUT2D eigenvalue weighted by Gasteiger charge is 2.25. The van der Waals surface area contributed by atoms with Crippen LogP contribution in [0.4, 0.5) is 0 Å². The number of phenolic OH excluding ortho intramolecular Hbond substituents is 1. The molecule has 2 unspecified atom stereocenters. The molecular formula is C14H19NO3. The number of benzene rings is 1. The summed E-state index contributed by atoms with van der Waals surface area (Å²) in [6.07, 6.45) is 0.565. The molecular weight excluding hydrogens is 230 g/mol. The van der Waals surface area contributed by atoms with Crippen molar-refractivity contribution >= 4 is 5.91 Å². The lowest BCUT2D eigenvalue weighted by Gasteiger charge is -2.35. The molecule has 2 atom stereocenters. The summed E-state index contributed by atoms with van der Waals surface area (Å²) in [5.41, 5.74) is 0.921. The van der Waals surface area contributed by atoms with E-state index in [1.165, 1.54) is 0 Å². The maximum absolute atomic E-state index is 12.2. The van der Waals surface area contributed by atoms with Gasteiger partial charge in [0.05, 0.1) is 18.6 Å². The van der Waals surface area contributed by atoms with Crippen LogP contribution in [0.25, 0.3) is 0 Å². The first-order valence-electron chi connectivity index (χ1n) is 6.25. The summed E-state index contributed by atoms with van der Waals surface area (Å²) < 4.78 is 5.61. The van der Waals surface area contributed by atoms with E-state index in [-0.39, 0.29) is 23.9 Å². The second-order valence-corrected chi connectivity index (χ2v) is 4.90. The van der Waals surface area contributed by atoms with Crippen LogP contribution >= 0.6 is 0 Å². The molecule has 0 spiro atoms. The first kappa shape index (κ1) is 12.9. The quantitative estimate of drug-likeness (QED) is 0.865. The van der Waals surface area contributed by atoms with Crippen molar-refractivity contribution < 1.29 is 14.6 Å². The fraction of sp³-hybridized carbons (Fsp3) is 0.500. The minimum absolute atomic E-state index is 0.0949. The summed E-state index contributed by atoms with van der Waals surface area (Å²) in [4.78, 5) is 14.0. The smallest absolute Gasteiger partial charge is 0.227 e. The van der Waals surface area contributed by atoms with Crippen molar-refractivity contribution in [1.82, 2.24) is 4.90 Å². The molecule has 4 heteroatoms. The molecule has 2 rings (SSSR count). The average molecular weight is 249 g/mol. The van der Waals surface area contributed by atoms with E-state index < -0.39 is 0 Å². The molecule has 1 fully saturated rings. The van der Waals surface area contributed by atoms with Crippen molar-refractivity contribution in [1.29, 1.82) is 0 Å². The van der Waals surface area contributed by atoms with Gasteiger partial charge in [-0.2, -0.15) is 0 Å². The maximum Gasteiger partial charge on any atom is 0.227 e. The third-order valence-corrected chi connectivity index (χ3v) is 3.06. The van der Waals surface area contributed by atoms with Crippen molar-refractivity contribution in [2.24, 2.45) is 0 Å². The summed E-state index contributed by atoms with van der Waals surface area (Å²) in [6.45, 7) is 5.27. The zero-order chi connectivity index (χ0) is 13.1. The summed E-state index contributed by atoms with van der Waals surface area (Å²) in [5.74, 6) is 0.336. The number of hydrogen-bond acceptors (Lipinski definition) is 3. The van der Waals surface area contributed by atoms with Crippen LogP contribution in [0.3, 0.4) is 0 Å². The van der Waals surface area contributed by atoms with Crippen molar-refractivity contribution in [3.63, 3.8) is 0 Å². The highest BCUT2D eigenvalue weighted by atomic mass is 16.5. The highest BCUT2D eigenvalue weighted by Crippen LogP contribution is 2.14. The largest absolute Gasteiger partial charge is 0.508 e. The molecule has 0 radical (unpaired) electrons. The van der Waals surface area contributed by atoms with Crippen LogP contribution in [0, 0.1) is 0 Å². The molecule has 98 valence electrons. The minimum Gasteiger partial charge on any atom is -0.508 e. The lowest BCUT2D eigenvalue weighted by Crippen LogP contribution is -2.48. The van der Waals surface area contributed by atoms with E-state index in [2.05, 4.69) is 0 Å².